The Morgan fingerprint density at radius 2 is 2.24 bits per heavy atom. The lowest BCUT2D eigenvalue weighted by Crippen LogP contribution is -2.10. The van der Waals surface area contributed by atoms with Gasteiger partial charge in [-0.25, -0.2) is 4.98 Å². The van der Waals surface area contributed by atoms with Gasteiger partial charge in [-0.1, -0.05) is 0 Å². The molecule has 3 rings (SSSR count). The van der Waals surface area contributed by atoms with Crippen molar-refractivity contribution < 1.29 is 4.79 Å². The van der Waals surface area contributed by atoms with Gasteiger partial charge in [0.05, 0.1) is 23.7 Å². The molecule has 0 fully saturated rings. The van der Waals surface area contributed by atoms with Crippen molar-refractivity contribution in [3.8, 4) is 11.4 Å². The average Bonchev–Trinajstić information content (AvgIpc) is 2.96. The normalized spacial score (nSPS) is 10.8. The summed E-state index contributed by atoms with van der Waals surface area (Å²) in [6, 6.07) is 5.17. The van der Waals surface area contributed by atoms with Crippen LogP contribution in [0.1, 0.15) is 10.4 Å². The molecular weight excluding hydrogens is 218 g/mol. The average molecular weight is 227 g/mol. The summed E-state index contributed by atoms with van der Waals surface area (Å²) < 4.78 is 0. The molecule has 2 aromatic heterocycles. The van der Waals surface area contributed by atoms with E-state index in [-0.39, 0.29) is 0 Å². The maximum Gasteiger partial charge on any atom is 0.248 e. The molecule has 0 aliphatic rings. The number of nitrogens with one attached hydrogen (secondary N) is 2. The number of primary amides is 1. The van der Waals surface area contributed by atoms with Crippen molar-refractivity contribution in [1.82, 2.24) is 20.2 Å². The fourth-order valence-electron chi connectivity index (χ4n) is 1.76. The molecule has 6 heteroatoms. The summed E-state index contributed by atoms with van der Waals surface area (Å²) in [7, 11) is 0. The van der Waals surface area contributed by atoms with Crippen LogP contribution >= 0.6 is 0 Å². The van der Waals surface area contributed by atoms with Gasteiger partial charge in [0.25, 0.3) is 0 Å². The highest BCUT2D eigenvalue weighted by Crippen LogP contribution is 2.25. The molecule has 6 nitrogen and oxygen atoms in total. The Morgan fingerprint density at radius 1 is 1.35 bits per heavy atom. The van der Waals surface area contributed by atoms with Crippen molar-refractivity contribution in [2.45, 2.75) is 0 Å². The zero-order valence-corrected chi connectivity index (χ0v) is 8.77. The first-order valence-electron chi connectivity index (χ1n) is 5.02. The third kappa shape index (κ3) is 1.46. The van der Waals surface area contributed by atoms with Crippen LogP contribution in [0.2, 0.25) is 0 Å². The second kappa shape index (κ2) is 3.44. The zero-order valence-electron chi connectivity index (χ0n) is 8.77. The molecule has 0 radical (unpaired) electrons. The molecule has 2 heterocycles. The Kier molecular flexibility index (Phi) is 1.94. The molecule has 0 aliphatic heterocycles. The highest BCUT2D eigenvalue weighted by atomic mass is 16.1. The van der Waals surface area contributed by atoms with E-state index in [1.807, 2.05) is 0 Å². The first-order chi connectivity index (χ1) is 8.25. The first kappa shape index (κ1) is 9.59. The Labute approximate surface area is 95.9 Å². The van der Waals surface area contributed by atoms with Crippen molar-refractivity contribution in [3.63, 3.8) is 0 Å². The van der Waals surface area contributed by atoms with Crippen molar-refractivity contribution in [2.24, 2.45) is 5.73 Å². The lowest BCUT2D eigenvalue weighted by atomic mass is 10.1. The molecule has 0 spiro atoms. The highest BCUT2D eigenvalue weighted by Gasteiger charge is 2.11. The number of hydrogen-bond acceptors (Lipinski definition) is 3. The quantitative estimate of drug-likeness (QED) is 0.610. The fourth-order valence-corrected chi connectivity index (χ4v) is 1.76. The number of nitrogens with two attached hydrogens (primary N) is 1. The lowest BCUT2D eigenvalue weighted by molar-refractivity contribution is 0.100. The largest absolute Gasteiger partial charge is 0.366 e. The summed E-state index contributed by atoms with van der Waals surface area (Å²) in [5.74, 6) is -0.455. The molecule has 3 aromatic rings. The van der Waals surface area contributed by atoms with Gasteiger partial charge in [-0.2, -0.15) is 5.10 Å². The van der Waals surface area contributed by atoms with Gasteiger partial charge in [0.1, 0.15) is 5.69 Å². The zero-order chi connectivity index (χ0) is 11.8. The SMILES string of the molecule is NC(=O)c1ccc2[nH]nc(-c3cnc[nH]3)c2c1. The third-order valence-corrected chi connectivity index (χ3v) is 2.60. The van der Waals surface area contributed by atoms with Gasteiger partial charge in [-0.3, -0.25) is 9.89 Å². The number of aromatic amines is 2. The molecule has 0 saturated carbocycles. The Morgan fingerprint density at radius 3 is 2.94 bits per heavy atom. The minimum atomic E-state index is -0.455. The van der Waals surface area contributed by atoms with Crippen molar-refractivity contribution in [2.75, 3.05) is 0 Å². The van der Waals surface area contributed by atoms with Crippen LogP contribution in [0.4, 0.5) is 0 Å². The number of nitrogens with zero attached hydrogens (tertiary/aromatic N) is 2. The van der Waals surface area contributed by atoms with Gasteiger partial charge in [-0.05, 0) is 18.2 Å². The van der Waals surface area contributed by atoms with Crippen molar-refractivity contribution >= 4 is 16.8 Å². The molecule has 0 unspecified atom stereocenters. The predicted molar refractivity (Wildman–Crippen MR) is 62.2 cm³/mol. The summed E-state index contributed by atoms with van der Waals surface area (Å²) in [5, 5.41) is 7.92. The second-order valence-electron chi connectivity index (χ2n) is 3.66. The van der Waals surface area contributed by atoms with E-state index < -0.39 is 5.91 Å². The monoisotopic (exact) mass is 227 g/mol. The molecule has 4 N–H and O–H groups in total. The van der Waals surface area contributed by atoms with Gasteiger partial charge < -0.3 is 10.7 Å². The molecule has 84 valence electrons. The Balaban J connectivity index is 2.26. The van der Waals surface area contributed by atoms with Crippen LogP contribution in [0.25, 0.3) is 22.3 Å². The number of carbonyl (C=O) groups is 1. The van der Waals surface area contributed by atoms with Crippen molar-refractivity contribution in [1.29, 1.82) is 0 Å². The van der Waals surface area contributed by atoms with Gasteiger partial charge in [0, 0.05) is 10.9 Å². The number of hydrogen-bond donors (Lipinski definition) is 3. The number of H-pyrrole nitrogens is 2. The number of aromatic nitrogens is 4. The number of fused-ring (bicyclic) bond motifs is 1. The van der Waals surface area contributed by atoms with Crippen molar-refractivity contribution in [3.05, 3.63) is 36.3 Å². The summed E-state index contributed by atoms with van der Waals surface area (Å²) in [6.07, 6.45) is 3.25. The van der Waals surface area contributed by atoms with Gasteiger partial charge >= 0.3 is 0 Å². The molecule has 17 heavy (non-hydrogen) atoms. The predicted octanol–water partition coefficient (Wildman–Crippen LogP) is 1.05. The fraction of sp³-hybridized carbons (Fsp3) is 0. The molecule has 1 amide bonds. The highest BCUT2D eigenvalue weighted by molar-refractivity contribution is 6.00. The number of benzene rings is 1. The number of carbonyl (C=O) groups excluding carboxylic acids is 1. The topological polar surface area (TPSA) is 100 Å². The second-order valence-corrected chi connectivity index (χ2v) is 3.66. The molecule has 0 bridgehead atoms. The Bertz CT molecular complexity index is 683. The van der Waals surface area contributed by atoms with Gasteiger partial charge in [-0.15, -0.1) is 0 Å². The molecule has 0 atom stereocenters. The van der Waals surface area contributed by atoms with E-state index >= 15 is 0 Å². The van der Waals surface area contributed by atoms with Crippen LogP contribution in [-0.4, -0.2) is 26.1 Å². The third-order valence-electron chi connectivity index (χ3n) is 2.60. The number of amides is 1. The standard InChI is InChI=1S/C11H9N5O/c12-11(17)6-1-2-8-7(3-6)10(16-15-8)9-4-13-5-14-9/h1-5H,(H2,12,17)(H,13,14)(H,15,16). The lowest BCUT2D eigenvalue weighted by Gasteiger charge is -1.96. The minimum Gasteiger partial charge on any atom is -0.366 e. The van der Waals surface area contributed by atoms with Crippen LogP contribution in [0.5, 0.6) is 0 Å². The van der Waals surface area contributed by atoms with Crippen LogP contribution in [0.3, 0.4) is 0 Å². The van der Waals surface area contributed by atoms with E-state index in [9.17, 15) is 4.79 Å². The first-order valence-corrected chi connectivity index (χ1v) is 5.02. The van der Waals surface area contributed by atoms with E-state index in [2.05, 4.69) is 20.2 Å². The van der Waals surface area contributed by atoms with E-state index in [4.69, 9.17) is 5.73 Å². The maximum atomic E-state index is 11.1. The summed E-state index contributed by atoms with van der Waals surface area (Å²) in [4.78, 5) is 18.0. The molecular formula is C11H9N5O. The van der Waals surface area contributed by atoms with Crippen LogP contribution in [0.15, 0.2) is 30.7 Å². The van der Waals surface area contributed by atoms with Crippen LogP contribution in [-0.2, 0) is 0 Å². The van der Waals surface area contributed by atoms with E-state index in [1.165, 1.54) is 0 Å². The maximum absolute atomic E-state index is 11.1. The Hall–Kier alpha value is -2.63. The number of imidazole rings is 1. The molecule has 1 aromatic carbocycles. The number of rotatable bonds is 2. The van der Waals surface area contributed by atoms with Crippen LogP contribution in [0, 0.1) is 0 Å². The minimum absolute atomic E-state index is 0.455. The molecule has 0 aliphatic carbocycles. The van der Waals surface area contributed by atoms with E-state index in [0.717, 1.165) is 22.3 Å². The van der Waals surface area contributed by atoms with Crippen LogP contribution < -0.4 is 5.73 Å². The van der Waals surface area contributed by atoms with E-state index in [1.54, 1.807) is 30.7 Å². The van der Waals surface area contributed by atoms with Gasteiger partial charge in [0.2, 0.25) is 5.91 Å². The van der Waals surface area contributed by atoms with E-state index in [0.29, 0.717) is 5.56 Å². The smallest absolute Gasteiger partial charge is 0.248 e. The summed E-state index contributed by atoms with van der Waals surface area (Å²) in [6.45, 7) is 0. The van der Waals surface area contributed by atoms with Gasteiger partial charge in [0.15, 0.2) is 0 Å². The summed E-state index contributed by atoms with van der Waals surface area (Å²) in [5.41, 5.74) is 8.07. The molecule has 0 saturated heterocycles. The summed E-state index contributed by atoms with van der Waals surface area (Å²) >= 11 is 0.